The van der Waals surface area contributed by atoms with Crippen LogP contribution in [0.5, 0.6) is 0 Å². The zero-order valence-corrected chi connectivity index (χ0v) is 14.5. The summed E-state index contributed by atoms with van der Waals surface area (Å²) in [7, 11) is 0. The molecule has 0 bridgehead atoms. The van der Waals surface area contributed by atoms with Crippen molar-refractivity contribution in [1.29, 1.82) is 0 Å². The number of nitrogens with one attached hydrogen (secondary N) is 3. The van der Waals surface area contributed by atoms with Gasteiger partial charge in [-0.25, -0.2) is 10.5 Å². The number of rotatable bonds is 7. The first-order valence-corrected chi connectivity index (χ1v) is 8.05. The predicted octanol–water partition coefficient (Wildman–Crippen LogP) is 1.67. The van der Waals surface area contributed by atoms with E-state index < -0.39 is 11.9 Å². The highest BCUT2D eigenvalue weighted by molar-refractivity contribution is 5.90. The van der Waals surface area contributed by atoms with Gasteiger partial charge in [0, 0.05) is 6.08 Å². The molecule has 1 heterocycles. The molecule has 2 rings (SSSR count). The number of aromatic nitrogens is 2. The van der Waals surface area contributed by atoms with Gasteiger partial charge in [0.25, 0.3) is 5.91 Å². The zero-order chi connectivity index (χ0) is 18.9. The van der Waals surface area contributed by atoms with Crippen LogP contribution in [0.4, 0.5) is 5.82 Å². The Morgan fingerprint density at radius 3 is 2.46 bits per heavy atom. The second-order valence-electron chi connectivity index (χ2n) is 5.64. The van der Waals surface area contributed by atoms with Gasteiger partial charge in [0.2, 0.25) is 5.91 Å². The third-order valence-corrected chi connectivity index (χ3v) is 3.60. The van der Waals surface area contributed by atoms with E-state index in [-0.39, 0.29) is 11.9 Å². The number of amides is 2. The highest BCUT2D eigenvalue weighted by Crippen LogP contribution is 2.12. The fourth-order valence-electron chi connectivity index (χ4n) is 2.15. The van der Waals surface area contributed by atoms with Gasteiger partial charge in [0.05, 0.1) is 24.1 Å². The van der Waals surface area contributed by atoms with Gasteiger partial charge in [-0.05, 0) is 25.5 Å². The summed E-state index contributed by atoms with van der Waals surface area (Å²) in [6.07, 6.45) is 5.43. The molecule has 8 heteroatoms. The number of benzene rings is 1. The third kappa shape index (κ3) is 5.67. The molecule has 1 aromatic heterocycles. The first-order chi connectivity index (χ1) is 12.5. The molecule has 0 radical (unpaired) electrons. The molecule has 2 atom stereocenters. The second-order valence-corrected chi connectivity index (χ2v) is 5.64. The van der Waals surface area contributed by atoms with Crippen LogP contribution in [-0.2, 0) is 9.59 Å². The van der Waals surface area contributed by atoms with Gasteiger partial charge in [-0.15, -0.1) is 0 Å². The maximum atomic E-state index is 12.3. The molecule has 4 N–H and O–H groups in total. The molecule has 2 amide bonds. The molecule has 0 saturated carbocycles. The molecule has 2 aromatic rings. The number of hydroxylamine groups is 1. The Hall–Kier alpha value is -3.26. The van der Waals surface area contributed by atoms with E-state index in [1.54, 1.807) is 6.92 Å². The van der Waals surface area contributed by atoms with Crippen LogP contribution in [0, 0.1) is 0 Å². The van der Waals surface area contributed by atoms with Crippen LogP contribution in [-0.4, -0.2) is 33.0 Å². The highest BCUT2D eigenvalue weighted by atomic mass is 16.5. The Balaban J connectivity index is 1.90. The van der Waals surface area contributed by atoms with Gasteiger partial charge in [-0.3, -0.25) is 19.8 Å². The van der Waals surface area contributed by atoms with Crippen LogP contribution in [0.25, 0.3) is 6.08 Å². The molecular formula is C18H21N5O3. The monoisotopic (exact) mass is 355 g/mol. The molecule has 0 unspecified atom stereocenters. The standard InChI is InChI=1S/C18H21N5O3/c1-12(14-6-4-3-5-7-14)22-18(25)13(2)21-16-11-19-15(10-20-16)8-9-17(24)23-26/h3-13,26H,1-2H3,(H,20,21)(H,22,25)(H,23,24)/t12-,13+/m0/s1. The van der Waals surface area contributed by atoms with Gasteiger partial charge < -0.3 is 10.6 Å². The summed E-state index contributed by atoms with van der Waals surface area (Å²) in [5.74, 6) is -0.387. The lowest BCUT2D eigenvalue weighted by atomic mass is 10.1. The van der Waals surface area contributed by atoms with E-state index in [4.69, 9.17) is 5.21 Å². The Kier molecular flexibility index (Phi) is 6.81. The number of anilines is 1. The van der Waals surface area contributed by atoms with Crippen molar-refractivity contribution in [3.8, 4) is 0 Å². The topological polar surface area (TPSA) is 116 Å². The van der Waals surface area contributed by atoms with Crippen molar-refractivity contribution in [2.45, 2.75) is 25.9 Å². The van der Waals surface area contributed by atoms with E-state index in [2.05, 4.69) is 20.6 Å². The summed E-state index contributed by atoms with van der Waals surface area (Å²) in [6, 6.07) is 9.08. The summed E-state index contributed by atoms with van der Waals surface area (Å²) in [5, 5.41) is 14.3. The Bertz CT molecular complexity index is 762. The van der Waals surface area contributed by atoms with Crippen LogP contribution in [0.2, 0.25) is 0 Å². The fraction of sp³-hybridized carbons (Fsp3) is 0.222. The number of carbonyl (C=O) groups excluding carboxylic acids is 2. The van der Waals surface area contributed by atoms with Crippen molar-refractivity contribution >= 4 is 23.7 Å². The SMILES string of the molecule is C[C@H](NC(=O)[C@@H](C)Nc1cnc(C=CC(=O)NO)cn1)c1ccccc1. The first kappa shape index (κ1) is 19.1. The van der Waals surface area contributed by atoms with Gasteiger partial charge in [-0.2, -0.15) is 0 Å². The van der Waals surface area contributed by atoms with Crippen LogP contribution in [0.3, 0.4) is 0 Å². The molecular weight excluding hydrogens is 334 g/mol. The number of hydrogen-bond donors (Lipinski definition) is 4. The van der Waals surface area contributed by atoms with Crippen molar-refractivity contribution in [3.63, 3.8) is 0 Å². The van der Waals surface area contributed by atoms with E-state index in [0.717, 1.165) is 11.6 Å². The lowest BCUT2D eigenvalue weighted by molar-refractivity contribution is -0.124. The largest absolute Gasteiger partial charge is 0.357 e. The lowest BCUT2D eigenvalue weighted by Gasteiger charge is -2.19. The average Bonchev–Trinajstić information content (AvgIpc) is 2.67. The van der Waals surface area contributed by atoms with E-state index in [9.17, 15) is 9.59 Å². The molecule has 0 aliphatic carbocycles. The van der Waals surface area contributed by atoms with E-state index in [1.807, 2.05) is 37.3 Å². The van der Waals surface area contributed by atoms with Gasteiger partial charge in [0.1, 0.15) is 11.9 Å². The minimum Gasteiger partial charge on any atom is -0.357 e. The maximum absolute atomic E-state index is 12.3. The van der Waals surface area contributed by atoms with Crippen LogP contribution >= 0.6 is 0 Å². The summed E-state index contributed by atoms with van der Waals surface area (Å²) >= 11 is 0. The van der Waals surface area contributed by atoms with Crippen molar-refractivity contribution in [2.24, 2.45) is 0 Å². The Morgan fingerprint density at radius 2 is 1.85 bits per heavy atom. The molecule has 8 nitrogen and oxygen atoms in total. The van der Waals surface area contributed by atoms with Crippen LogP contribution in [0.1, 0.15) is 31.1 Å². The average molecular weight is 355 g/mol. The number of nitrogens with zero attached hydrogens (tertiary/aromatic N) is 2. The molecule has 0 aliphatic heterocycles. The molecule has 0 fully saturated rings. The van der Waals surface area contributed by atoms with E-state index in [1.165, 1.54) is 23.9 Å². The normalized spacial score (nSPS) is 13.0. The minimum atomic E-state index is -0.660. The smallest absolute Gasteiger partial charge is 0.267 e. The molecule has 26 heavy (non-hydrogen) atoms. The van der Waals surface area contributed by atoms with Gasteiger partial charge in [-0.1, -0.05) is 30.3 Å². The molecule has 0 saturated heterocycles. The molecule has 0 spiro atoms. The second kappa shape index (κ2) is 9.28. The van der Waals surface area contributed by atoms with Gasteiger partial charge in [0.15, 0.2) is 0 Å². The summed E-state index contributed by atoms with van der Waals surface area (Å²) in [4.78, 5) is 31.5. The molecule has 0 aliphatic rings. The predicted molar refractivity (Wildman–Crippen MR) is 97.1 cm³/mol. The van der Waals surface area contributed by atoms with Crippen LogP contribution < -0.4 is 16.1 Å². The Labute approximate surface area is 151 Å². The fourth-order valence-corrected chi connectivity index (χ4v) is 2.15. The third-order valence-electron chi connectivity index (χ3n) is 3.60. The van der Waals surface area contributed by atoms with Crippen molar-refractivity contribution in [3.05, 3.63) is 60.1 Å². The summed E-state index contributed by atoms with van der Waals surface area (Å²) in [6.45, 7) is 3.65. The lowest BCUT2D eigenvalue weighted by Crippen LogP contribution is -2.39. The molecule has 1 aromatic carbocycles. The quantitative estimate of drug-likeness (QED) is 0.341. The highest BCUT2D eigenvalue weighted by Gasteiger charge is 2.16. The van der Waals surface area contributed by atoms with Gasteiger partial charge >= 0.3 is 0 Å². The van der Waals surface area contributed by atoms with Crippen LogP contribution in [0.15, 0.2) is 48.8 Å². The molecule has 136 valence electrons. The summed E-state index contributed by atoms with van der Waals surface area (Å²) in [5.41, 5.74) is 2.94. The van der Waals surface area contributed by atoms with Crippen molar-refractivity contribution < 1.29 is 14.8 Å². The van der Waals surface area contributed by atoms with Crippen molar-refractivity contribution in [2.75, 3.05) is 5.32 Å². The van der Waals surface area contributed by atoms with E-state index in [0.29, 0.717) is 11.5 Å². The number of hydrogen-bond acceptors (Lipinski definition) is 6. The first-order valence-electron chi connectivity index (χ1n) is 8.05. The van der Waals surface area contributed by atoms with E-state index >= 15 is 0 Å². The minimum absolute atomic E-state index is 0.107. The zero-order valence-electron chi connectivity index (χ0n) is 14.5. The van der Waals surface area contributed by atoms with Crippen molar-refractivity contribution in [1.82, 2.24) is 20.8 Å². The summed E-state index contributed by atoms with van der Waals surface area (Å²) < 4.78 is 0. The maximum Gasteiger partial charge on any atom is 0.267 e. The number of carbonyl (C=O) groups is 2. The Morgan fingerprint density at radius 1 is 1.12 bits per heavy atom.